The maximum atomic E-state index is 10.9. The number of hydrogen-bond acceptors (Lipinski definition) is 4. The van der Waals surface area contributed by atoms with Crippen LogP contribution in [-0.4, -0.2) is 42.5 Å². The van der Waals surface area contributed by atoms with Gasteiger partial charge in [0.15, 0.2) is 0 Å². The van der Waals surface area contributed by atoms with E-state index in [0.717, 1.165) is 12.8 Å². The smallest absolute Gasteiger partial charge is 0.267 e. The van der Waals surface area contributed by atoms with Gasteiger partial charge in [-0.15, -0.1) is 0 Å². The van der Waals surface area contributed by atoms with Crippen LogP contribution in [0.2, 0.25) is 0 Å². The van der Waals surface area contributed by atoms with E-state index in [9.17, 15) is 8.42 Å². The van der Waals surface area contributed by atoms with Crippen molar-refractivity contribution in [2.45, 2.75) is 37.0 Å². The molecule has 0 aromatic carbocycles. The van der Waals surface area contributed by atoms with Crippen LogP contribution >= 0.6 is 0 Å². The fourth-order valence-corrected chi connectivity index (χ4v) is 2.81. The van der Waals surface area contributed by atoms with Crippen molar-refractivity contribution in [2.24, 2.45) is 0 Å². The molecule has 6 heteroatoms. The van der Waals surface area contributed by atoms with Crippen molar-refractivity contribution in [3.05, 3.63) is 0 Å². The Hall–Kier alpha value is -0.170. The molecule has 3 N–H and O–H groups in total. The van der Waals surface area contributed by atoms with Crippen LogP contribution in [0.15, 0.2) is 0 Å². The van der Waals surface area contributed by atoms with E-state index in [1.165, 1.54) is 0 Å². The van der Waals surface area contributed by atoms with E-state index in [1.54, 1.807) is 0 Å². The molecule has 0 saturated heterocycles. The zero-order chi connectivity index (χ0) is 10.6. The normalized spacial score (nSPS) is 29.0. The van der Waals surface area contributed by atoms with Crippen LogP contribution in [0.25, 0.3) is 0 Å². The first-order valence-corrected chi connectivity index (χ1v) is 6.35. The predicted molar refractivity (Wildman–Crippen MR) is 52.7 cm³/mol. The number of nitrogens with one attached hydrogen (secondary N) is 1. The standard InChI is InChI=1S/C8H17NO4S/c10-5-4-9-7-2-1-3-8(6-7)14(11,12)13/h7-10H,1-6H2,(H,11,12,13). The molecular weight excluding hydrogens is 206 g/mol. The first-order chi connectivity index (χ1) is 6.54. The number of rotatable bonds is 4. The topological polar surface area (TPSA) is 86.6 Å². The molecule has 0 radical (unpaired) electrons. The summed E-state index contributed by atoms with van der Waals surface area (Å²) >= 11 is 0. The quantitative estimate of drug-likeness (QED) is 0.573. The lowest BCUT2D eigenvalue weighted by atomic mass is 9.95. The molecule has 0 spiro atoms. The molecule has 5 nitrogen and oxygen atoms in total. The van der Waals surface area contributed by atoms with E-state index >= 15 is 0 Å². The maximum Gasteiger partial charge on any atom is 0.267 e. The number of aliphatic hydroxyl groups is 1. The highest BCUT2D eigenvalue weighted by Crippen LogP contribution is 2.23. The van der Waals surface area contributed by atoms with E-state index < -0.39 is 15.4 Å². The molecule has 1 aliphatic carbocycles. The Morgan fingerprint density at radius 3 is 2.64 bits per heavy atom. The third kappa shape index (κ3) is 3.53. The molecular formula is C8H17NO4S. The molecule has 0 amide bonds. The van der Waals surface area contributed by atoms with Gasteiger partial charge in [-0.1, -0.05) is 6.42 Å². The summed E-state index contributed by atoms with van der Waals surface area (Å²) in [5.41, 5.74) is 0. The Labute approximate surface area is 84.3 Å². The Kier molecular flexibility index (Phi) is 4.31. The van der Waals surface area contributed by atoms with Crippen molar-refractivity contribution in [1.29, 1.82) is 0 Å². The van der Waals surface area contributed by atoms with Crippen molar-refractivity contribution >= 4 is 10.1 Å². The van der Waals surface area contributed by atoms with Crippen LogP contribution in [0.3, 0.4) is 0 Å². The average Bonchev–Trinajstić information content (AvgIpc) is 2.14. The second kappa shape index (κ2) is 5.06. The van der Waals surface area contributed by atoms with Crippen molar-refractivity contribution in [3.8, 4) is 0 Å². The van der Waals surface area contributed by atoms with E-state index in [-0.39, 0.29) is 12.6 Å². The van der Waals surface area contributed by atoms with Crippen LogP contribution < -0.4 is 5.32 Å². The highest BCUT2D eigenvalue weighted by molar-refractivity contribution is 7.86. The average molecular weight is 223 g/mol. The highest BCUT2D eigenvalue weighted by atomic mass is 32.2. The summed E-state index contributed by atoms with van der Waals surface area (Å²) in [7, 11) is -3.89. The van der Waals surface area contributed by atoms with Gasteiger partial charge in [-0.3, -0.25) is 4.55 Å². The summed E-state index contributed by atoms with van der Waals surface area (Å²) in [6.45, 7) is 0.524. The van der Waals surface area contributed by atoms with Crippen molar-refractivity contribution in [3.63, 3.8) is 0 Å². The molecule has 2 unspecified atom stereocenters. The monoisotopic (exact) mass is 223 g/mol. The number of hydrogen-bond donors (Lipinski definition) is 3. The van der Waals surface area contributed by atoms with E-state index in [2.05, 4.69) is 5.32 Å². The molecule has 0 aliphatic heterocycles. The summed E-state index contributed by atoms with van der Waals surface area (Å²) in [5, 5.41) is 11.0. The van der Waals surface area contributed by atoms with Crippen LogP contribution in [0.4, 0.5) is 0 Å². The molecule has 0 bridgehead atoms. The summed E-state index contributed by atoms with van der Waals surface area (Å²) < 4.78 is 30.6. The van der Waals surface area contributed by atoms with Gasteiger partial charge < -0.3 is 10.4 Å². The van der Waals surface area contributed by atoms with Gasteiger partial charge >= 0.3 is 0 Å². The third-order valence-corrected chi connectivity index (χ3v) is 3.86. The molecule has 1 rings (SSSR count). The fourth-order valence-electron chi connectivity index (χ4n) is 1.87. The first kappa shape index (κ1) is 11.9. The van der Waals surface area contributed by atoms with Crippen molar-refractivity contribution < 1.29 is 18.1 Å². The predicted octanol–water partition coefficient (Wildman–Crippen LogP) is -0.233. The molecule has 0 aromatic heterocycles. The van der Waals surface area contributed by atoms with Crippen molar-refractivity contribution in [1.82, 2.24) is 5.32 Å². The molecule has 84 valence electrons. The van der Waals surface area contributed by atoms with Crippen LogP contribution in [0, 0.1) is 0 Å². The van der Waals surface area contributed by atoms with Crippen LogP contribution in [0.5, 0.6) is 0 Å². The zero-order valence-electron chi connectivity index (χ0n) is 8.02. The first-order valence-electron chi connectivity index (χ1n) is 4.84. The molecule has 1 aliphatic rings. The van der Waals surface area contributed by atoms with Gasteiger partial charge in [0.1, 0.15) is 0 Å². The summed E-state index contributed by atoms with van der Waals surface area (Å²) in [4.78, 5) is 0. The number of aliphatic hydroxyl groups excluding tert-OH is 1. The van der Waals surface area contributed by atoms with E-state index in [4.69, 9.17) is 9.66 Å². The van der Waals surface area contributed by atoms with Gasteiger partial charge in [-0.25, -0.2) is 0 Å². The van der Waals surface area contributed by atoms with Gasteiger partial charge in [-0.2, -0.15) is 8.42 Å². The lowest BCUT2D eigenvalue weighted by molar-refractivity contribution is 0.270. The van der Waals surface area contributed by atoms with Crippen molar-refractivity contribution in [2.75, 3.05) is 13.2 Å². The summed E-state index contributed by atoms with van der Waals surface area (Å²) in [6, 6.07) is 0.0998. The van der Waals surface area contributed by atoms with E-state index in [0.29, 0.717) is 19.4 Å². The minimum atomic E-state index is -3.89. The minimum Gasteiger partial charge on any atom is -0.395 e. The maximum absolute atomic E-state index is 10.9. The molecule has 1 saturated carbocycles. The van der Waals surface area contributed by atoms with Gasteiger partial charge in [0, 0.05) is 12.6 Å². The van der Waals surface area contributed by atoms with Gasteiger partial charge in [0.25, 0.3) is 10.1 Å². The van der Waals surface area contributed by atoms with Gasteiger partial charge in [0.2, 0.25) is 0 Å². The Balaban J connectivity index is 2.44. The van der Waals surface area contributed by atoms with E-state index in [1.807, 2.05) is 0 Å². The Bertz CT molecular complexity index is 265. The zero-order valence-corrected chi connectivity index (χ0v) is 8.83. The summed E-state index contributed by atoms with van der Waals surface area (Å²) in [6.07, 6.45) is 2.69. The Morgan fingerprint density at radius 2 is 2.07 bits per heavy atom. The SMILES string of the molecule is O=S(=O)(O)C1CCCC(NCCO)C1. The van der Waals surface area contributed by atoms with Gasteiger partial charge in [0.05, 0.1) is 11.9 Å². The largest absolute Gasteiger partial charge is 0.395 e. The lowest BCUT2D eigenvalue weighted by Gasteiger charge is -2.27. The highest BCUT2D eigenvalue weighted by Gasteiger charge is 2.29. The fraction of sp³-hybridized carbons (Fsp3) is 1.00. The molecule has 2 atom stereocenters. The van der Waals surface area contributed by atoms with Gasteiger partial charge in [-0.05, 0) is 19.3 Å². The molecule has 14 heavy (non-hydrogen) atoms. The molecule has 1 fully saturated rings. The third-order valence-electron chi connectivity index (χ3n) is 2.59. The molecule has 0 aromatic rings. The van der Waals surface area contributed by atoms with Crippen LogP contribution in [-0.2, 0) is 10.1 Å². The Morgan fingerprint density at radius 1 is 1.36 bits per heavy atom. The second-order valence-electron chi connectivity index (χ2n) is 3.68. The second-order valence-corrected chi connectivity index (χ2v) is 5.37. The summed E-state index contributed by atoms with van der Waals surface area (Å²) in [5.74, 6) is 0. The molecule has 0 heterocycles. The minimum absolute atomic E-state index is 0.0487. The lowest BCUT2D eigenvalue weighted by Crippen LogP contribution is -2.39. The van der Waals surface area contributed by atoms with Crippen LogP contribution in [0.1, 0.15) is 25.7 Å².